The molecule has 2 aromatic heterocycles. The van der Waals surface area contributed by atoms with E-state index < -0.39 is 0 Å². The largest absolute Gasteiger partial charge is 0.493 e. The molecule has 0 amide bonds. The van der Waals surface area contributed by atoms with Crippen molar-refractivity contribution >= 4 is 5.65 Å². The molecule has 0 unspecified atom stereocenters. The molecule has 6 rings (SSSR count). The number of hydrogen-bond donors (Lipinski definition) is 0. The number of ether oxygens (including phenoxy) is 1. The third-order valence-electron chi connectivity index (χ3n) is 6.91. The topological polar surface area (TPSA) is 42.7 Å². The van der Waals surface area contributed by atoms with Crippen LogP contribution in [-0.4, -0.2) is 45.7 Å². The van der Waals surface area contributed by atoms with E-state index in [1.54, 1.807) is 0 Å². The normalized spacial score (nSPS) is 15.8. The Morgan fingerprint density at radius 3 is 2.64 bits per heavy atom. The Bertz CT molecular complexity index is 1250. The number of aryl methyl sites for hydroxylation is 1. The Morgan fingerprint density at radius 1 is 0.909 bits per heavy atom. The summed E-state index contributed by atoms with van der Waals surface area (Å²) in [6.07, 6.45) is 6.85. The molecule has 5 heteroatoms. The van der Waals surface area contributed by atoms with Gasteiger partial charge in [0.25, 0.3) is 0 Å². The van der Waals surface area contributed by atoms with Crippen molar-refractivity contribution in [3.8, 4) is 17.0 Å². The van der Waals surface area contributed by atoms with E-state index >= 15 is 0 Å². The second-order valence-electron chi connectivity index (χ2n) is 9.28. The SMILES string of the molecule is c1cc(-c2ccc3c(c2)CCO3)n2nc(Cc3ccc(CCCN4CCCC4)cc3)nc2c1. The summed E-state index contributed by atoms with van der Waals surface area (Å²) in [6, 6.07) is 21.6. The van der Waals surface area contributed by atoms with Gasteiger partial charge in [-0.25, -0.2) is 9.50 Å². The highest BCUT2D eigenvalue weighted by Gasteiger charge is 2.15. The molecule has 33 heavy (non-hydrogen) atoms. The fourth-order valence-electron chi connectivity index (χ4n) is 5.11. The standard InChI is InChI=1S/C28H30N4O/c1-2-16-31(15-1)17-4-5-21-8-10-22(11-9-21)19-27-29-28-7-3-6-25(32(28)30-27)23-12-13-26-24(20-23)14-18-33-26/h3,6-13,20H,1-2,4-5,14-19H2. The van der Waals surface area contributed by atoms with Crippen molar-refractivity contribution < 1.29 is 4.74 Å². The number of pyridine rings is 1. The molecule has 2 aliphatic heterocycles. The minimum Gasteiger partial charge on any atom is -0.493 e. The number of hydrogen-bond acceptors (Lipinski definition) is 4. The molecule has 0 atom stereocenters. The summed E-state index contributed by atoms with van der Waals surface area (Å²) in [5.74, 6) is 1.86. The summed E-state index contributed by atoms with van der Waals surface area (Å²) < 4.78 is 7.64. The first-order valence-electron chi connectivity index (χ1n) is 12.2. The minimum absolute atomic E-state index is 0.743. The van der Waals surface area contributed by atoms with Crippen LogP contribution >= 0.6 is 0 Å². The molecule has 5 nitrogen and oxygen atoms in total. The third-order valence-corrected chi connectivity index (χ3v) is 6.91. The maximum absolute atomic E-state index is 5.66. The Kier molecular flexibility index (Phi) is 5.56. The zero-order chi connectivity index (χ0) is 22.0. The number of fused-ring (bicyclic) bond motifs is 2. The van der Waals surface area contributed by atoms with Gasteiger partial charge in [-0.2, -0.15) is 5.10 Å². The van der Waals surface area contributed by atoms with Gasteiger partial charge in [-0.1, -0.05) is 30.3 Å². The van der Waals surface area contributed by atoms with Crippen LogP contribution in [0, 0.1) is 0 Å². The highest BCUT2D eigenvalue weighted by atomic mass is 16.5. The van der Waals surface area contributed by atoms with Crippen molar-refractivity contribution in [2.75, 3.05) is 26.2 Å². The van der Waals surface area contributed by atoms with E-state index in [4.69, 9.17) is 14.8 Å². The van der Waals surface area contributed by atoms with Gasteiger partial charge in [0, 0.05) is 18.4 Å². The Labute approximate surface area is 195 Å². The monoisotopic (exact) mass is 438 g/mol. The van der Waals surface area contributed by atoms with Gasteiger partial charge in [-0.15, -0.1) is 0 Å². The van der Waals surface area contributed by atoms with Gasteiger partial charge < -0.3 is 9.64 Å². The van der Waals surface area contributed by atoms with E-state index in [1.165, 1.54) is 55.6 Å². The molecule has 0 aliphatic carbocycles. The second-order valence-corrected chi connectivity index (χ2v) is 9.28. The minimum atomic E-state index is 0.743. The van der Waals surface area contributed by atoms with Crippen molar-refractivity contribution in [3.63, 3.8) is 0 Å². The maximum atomic E-state index is 5.66. The van der Waals surface area contributed by atoms with Crippen LogP contribution in [0.2, 0.25) is 0 Å². The van der Waals surface area contributed by atoms with Crippen LogP contribution in [0.5, 0.6) is 5.75 Å². The van der Waals surface area contributed by atoms with E-state index in [0.717, 1.165) is 54.3 Å². The molecular formula is C28H30N4O. The van der Waals surface area contributed by atoms with Crippen LogP contribution in [0.4, 0.5) is 0 Å². The lowest BCUT2D eigenvalue weighted by molar-refractivity contribution is 0.334. The average molecular weight is 439 g/mol. The number of nitrogens with zero attached hydrogens (tertiary/aromatic N) is 4. The van der Waals surface area contributed by atoms with Gasteiger partial charge in [0.05, 0.1) is 12.3 Å². The zero-order valence-electron chi connectivity index (χ0n) is 19.0. The zero-order valence-corrected chi connectivity index (χ0v) is 19.0. The summed E-state index contributed by atoms with van der Waals surface area (Å²) in [5.41, 5.74) is 7.05. The number of benzene rings is 2. The second kappa shape index (κ2) is 8.99. The molecule has 0 N–H and O–H groups in total. The van der Waals surface area contributed by atoms with Crippen LogP contribution in [0.3, 0.4) is 0 Å². The van der Waals surface area contributed by atoms with Crippen LogP contribution in [-0.2, 0) is 19.3 Å². The molecule has 2 aromatic carbocycles. The van der Waals surface area contributed by atoms with Crippen molar-refractivity contribution in [3.05, 3.63) is 83.2 Å². The molecule has 0 saturated carbocycles. The van der Waals surface area contributed by atoms with Crippen molar-refractivity contribution in [1.82, 2.24) is 19.5 Å². The Hall–Kier alpha value is -3.18. The predicted molar refractivity (Wildman–Crippen MR) is 131 cm³/mol. The number of aromatic nitrogens is 3. The molecule has 2 aliphatic rings. The first kappa shape index (κ1) is 20.4. The maximum Gasteiger partial charge on any atom is 0.156 e. The Morgan fingerprint density at radius 2 is 1.76 bits per heavy atom. The predicted octanol–water partition coefficient (Wildman–Crippen LogP) is 4.95. The molecule has 0 spiro atoms. The molecule has 0 bridgehead atoms. The van der Waals surface area contributed by atoms with Crippen LogP contribution in [0.25, 0.3) is 16.9 Å². The molecule has 1 fully saturated rings. The summed E-state index contributed by atoms with van der Waals surface area (Å²) >= 11 is 0. The van der Waals surface area contributed by atoms with Gasteiger partial charge in [0.2, 0.25) is 0 Å². The van der Waals surface area contributed by atoms with Crippen molar-refractivity contribution in [2.45, 2.75) is 38.5 Å². The highest BCUT2D eigenvalue weighted by Crippen LogP contribution is 2.30. The lowest BCUT2D eigenvalue weighted by Crippen LogP contribution is -2.20. The molecule has 4 heterocycles. The first-order chi connectivity index (χ1) is 16.3. The van der Waals surface area contributed by atoms with E-state index in [1.807, 2.05) is 10.6 Å². The van der Waals surface area contributed by atoms with Crippen LogP contribution in [0.1, 0.15) is 41.8 Å². The van der Waals surface area contributed by atoms with Gasteiger partial charge in [-0.3, -0.25) is 0 Å². The van der Waals surface area contributed by atoms with E-state index in [-0.39, 0.29) is 0 Å². The summed E-state index contributed by atoms with van der Waals surface area (Å²) in [7, 11) is 0. The van der Waals surface area contributed by atoms with Crippen molar-refractivity contribution in [2.24, 2.45) is 0 Å². The van der Waals surface area contributed by atoms with Gasteiger partial charge in [0.1, 0.15) is 5.75 Å². The molecule has 1 saturated heterocycles. The van der Waals surface area contributed by atoms with Gasteiger partial charge in [-0.05, 0) is 92.3 Å². The molecular weight excluding hydrogens is 408 g/mol. The fourth-order valence-corrected chi connectivity index (χ4v) is 5.11. The number of likely N-dealkylation sites (tertiary alicyclic amines) is 1. The van der Waals surface area contributed by atoms with E-state index in [2.05, 4.69) is 59.5 Å². The molecule has 4 aromatic rings. The molecule has 168 valence electrons. The van der Waals surface area contributed by atoms with Gasteiger partial charge in [0.15, 0.2) is 11.5 Å². The summed E-state index contributed by atoms with van der Waals surface area (Å²) in [5, 5.41) is 4.86. The lowest BCUT2D eigenvalue weighted by Gasteiger charge is -2.13. The molecule has 0 radical (unpaired) electrons. The lowest BCUT2D eigenvalue weighted by atomic mass is 10.1. The van der Waals surface area contributed by atoms with Crippen LogP contribution in [0.15, 0.2) is 60.7 Å². The number of rotatable bonds is 7. The quantitative estimate of drug-likeness (QED) is 0.409. The smallest absolute Gasteiger partial charge is 0.156 e. The van der Waals surface area contributed by atoms with E-state index in [0.29, 0.717) is 0 Å². The van der Waals surface area contributed by atoms with Gasteiger partial charge >= 0.3 is 0 Å². The fraction of sp³-hybridized carbons (Fsp3) is 0.357. The highest BCUT2D eigenvalue weighted by molar-refractivity contribution is 5.65. The first-order valence-corrected chi connectivity index (χ1v) is 12.2. The Balaban J connectivity index is 1.16. The van der Waals surface area contributed by atoms with E-state index in [9.17, 15) is 0 Å². The van der Waals surface area contributed by atoms with Crippen LogP contribution < -0.4 is 4.74 Å². The van der Waals surface area contributed by atoms with Crippen molar-refractivity contribution in [1.29, 1.82) is 0 Å². The average Bonchev–Trinajstić information content (AvgIpc) is 3.60. The third kappa shape index (κ3) is 4.38. The summed E-state index contributed by atoms with van der Waals surface area (Å²) in [4.78, 5) is 7.40. The summed E-state index contributed by atoms with van der Waals surface area (Å²) in [6.45, 7) is 4.57.